The summed E-state index contributed by atoms with van der Waals surface area (Å²) < 4.78 is 5.14. The van der Waals surface area contributed by atoms with Gasteiger partial charge in [0, 0.05) is 36.0 Å². The maximum Gasteiger partial charge on any atom is 0.326 e. The van der Waals surface area contributed by atoms with Gasteiger partial charge >= 0.3 is 12.2 Å². The number of aliphatic hydroxyl groups excluding tert-OH is 1. The number of H-pyrrole nitrogens is 1. The quantitative estimate of drug-likeness (QED) is 0.259. The standard InChI is InChI=1S/C18H20N4O6/c1-28-12-3-4-13-10(8-20-15(13)7-12)6-16(24)17(25)22-14(18(26)27)5-2-11(23)9-21-19/h3-4,7-9,14,16,20,24H,2,5-6H2,1H3,(H,22,25)(H,26,27). The molecule has 0 saturated heterocycles. The summed E-state index contributed by atoms with van der Waals surface area (Å²) in [5.74, 6) is -2.13. The molecule has 2 aromatic rings. The first-order chi connectivity index (χ1) is 13.3. The lowest BCUT2D eigenvalue weighted by Crippen LogP contribution is -2.46. The third kappa shape index (κ3) is 5.26. The predicted molar refractivity (Wildman–Crippen MR) is 98.1 cm³/mol. The first-order valence-electron chi connectivity index (χ1n) is 8.41. The van der Waals surface area contributed by atoms with Crippen LogP contribution in [0.5, 0.6) is 5.75 Å². The van der Waals surface area contributed by atoms with Crippen LogP contribution in [0.15, 0.2) is 24.4 Å². The average Bonchev–Trinajstić information content (AvgIpc) is 3.06. The zero-order valence-electron chi connectivity index (χ0n) is 15.1. The average molecular weight is 388 g/mol. The number of amides is 1. The Morgan fingerprint density at radius 2 is 2.14 bits per heavy atom. The van der Waals surface area contributed by atoms with Gasteiger partial charge < -0.3 is 30.8 Å². The summed E-state index contributed by atoms with van der Waals surface area (Å²) in [6, 6.07) is 3.96. The van der Waals surface area contributed by atoms with E-state index in [1.165, 1.54) is 0 Å². The van der Waals surface area contributed by atoms with Crippen molar-refractivity contribution in [2.45, 2.75) is 31.4 Å². The second-order valence-electron chi connectivity index (χ2n) is 6.09. The van der Waals surface area contributed by atoms with Crippen molar-refractivity contribution in [3.8, 4) is 5.75 Å². The molecule has 1 aromatic carbocycles. The molecular weight excluding hydrogens is 368 g/mol. The fraction of sp³-hybridized carbons (Fsp3) is 0.333. The van der Waals surface area contributed by atoms with Gasteiger partial charge in [-0.25, -0.2) is 4.79 Å². The van der Waals surface area contributed by atoms with Crippen LogP contribution in [-0.4, -0.2) is 63.1 Å². The van der Waals surface area contributed by atoms with E-state index < -0.39 is 29.8 Å². The summed E-state index contributed by atoms with van der Waals surface area (Å²) in [5.41, 5.74) is 9.73. The molecule has 2 atom stereocenters. The van der Waals surface area contributed by atoms with Crippen molar-refractivity contribution in [2.24, 2.45) is 0 Å². The van der Waals surface area contributed by atoms with Gasteiger partial charge in [0.15, 0.2) is 0 Å². The molecule has 10 nitrogen and oxygen atoms in total. The third-order valence-electron chi connectivity index (χ3n) is 4.19. The number of aliphatic carboxylic acids is 1. The molecule has 10 heteroatoms. The molecule has 4 N–H and O–H groups in total. The first-order valence-corrected chi connectivity index (χ1v) is 8.41. The maximum absolute atomic E-state index is 12.2. The number of benzene rings is 1. The highest BCUT2D eigenvalue weighted by atomic mass is 16.5. The number of Topliss-reactive ketones (excluding diaryl/α,β-unsaturated/α-hetero) is 1. The van der Waals surface area contributed by atoms with Gasteiger partial charge in [0.05, 0.1) is 7.11 Å². The number of carboxylic acid groups (broad SMARTS) is 1. The van der Waals surface area contributed by atoms with Crippen LogP contribution in [0.2, 0.25) is 0 Å². The largest absolute Gasteiger partial charge is 0.497 e. The van der Waals surface area contributed by atoms with Crippen molar-refractivity contribution in [3.63, 3.8) is 0 Å². The van der Waals surface area contributed by atoms with Gasteiger partial charge in [0.25, 0.3) is 0 Å². The van der Waals surface area contributed by atoms with Gasteiger partial charge in [-0.1, -0.05) is 0 Å². The van der Waals surface area contributed by atoms with Crippen LogP contribution in [0.3, 0.4) is 0 Å². The Morgan fingerprint density at radius 1 is 1.39 bits per heavy atom. The Balaban J connectivity index is 2.01. The summed E-state index contributed by atoms with van der Waals surface area (Å²) in [4.78, 5) is 40.3. The van der Waals surface area contributed by atoms with E-state index in [4.69, 9.17) is 10.3 Å². The fourth-order valence-electron chi connectivity index (χ4n) is 2.70. The minimum Gasteiger partial charge on any atom is -0.497 e. The number of nitrogens with zero attached hydrogens (tertiary/aromatic N) is 2. The smallest absolute Gasteiger partial charge is 0.326 e. The zero-order chi connectivity index (χ0) is 20.7. The molecule has 0 radical (unpaired) electrons. The number of hydrogen-bond acceptors (Lipinski definition) is 5. The molecule has 0 saturated carbocycles. The van der Waals surface area contributed by atoms with Gasteiger partial charge in [-0.15, -0.1) is 0 Å². The number of nitrogens with one attached hydrogen (secondary N) is 2. The number of ether oxygens (including phenoxy) is 1. The predicted octanol–water partition coefficient (Wildman–Crippen LogP) is 0.299. The highest BCUT2D eigenvalue weighted by Crippen LogP contribution is 2.24. The highest BCUT2D eigenvalue weighted by Gasteiger charge is 2.25. The van der Waals surface area contributed by atoms with Gasteiger partial charge in [0.2, 0.25) is 11.7 Å². The SMILES string of the molecule is COc1ccc2c(CC(O)C(=O)NC(CCC(=O)C=[N+]=[N-])C(=O)O)c[nH]c2c1. The number of hydrogen-bond donors (Lipinski definition) is 4. The number of carbonyl (C=O) groups excluding carboxylic acids is 2. The number of ketones is 1. The Bertz CT molecular complexity index is 931. The molecule has 2 rings (SSSR count). The highest BCUT2D eigenvalue weighted by molar-refractivity contribution is 6.25. The van der Waals surface area contributed by atoms with E-state index in [2.05, 4.69) is 15.1 Å². The monoisotopic (exact) mass is 388 g/mol. The van der Waals surface area contributed by atoms with Crippen LogP contribution in [0.4, 0.5) is 0 Å². The summed E-state index contributed by atoms with van der Waals surface area (Å²) >= 11 is 0. The lowest BCUT2D eigenvalue weighted by atomic mass is 10.0. The number of aliphatic hydroxyl groups is 1. The lowest BCUT2D eigenvalue weighted by molar-refractivity contribution is -0.143. The minimum atomic E-state index is -1.47. The minimum absolute atomic E-state index is 0.0272. The Labute approximate surface area is 159 Å². The number of fused-ring (bicyclic) bond motifs is 1. The molecule has 28 heavy (non-hydrogen) atoms. The molecule has 0 aliphatic rings. The van der Waals surface area contributed by atoms with E-state index in [-0.39, 0.29) is 19.3 Å². The van der Waals surface area contributed by atoms with Gasteiger partial charge in [-0.3, -0.25) is 9.59 Å². The summed E-state index contributed by atoms with van der Waals surface area (Å²) in [6.45, 7) is 0. The van der Waals surface area contributed by atoms with Crippen LogP contribution in [0.1, 0.15) is 18.4 Å². The van der Waals surface area contributed by atoms with Crippen molar-refractivity contribution in [3.05, 3.63) is 35.5 Å². The summed E-state index contributed by atoms with van der Waals surface area (Å²) in [5, 5.41) is 22.4. The number of carbonyl (C=O) groups is 3. The fourth-order valence-corrected chi connectivity index (χ4v) is 2.70. The van der Waals surface area contributed by atoms with Crippen LogP contribution >= 0.6 is 0 Å². The molecule has 0 spiro atoms. The molecule has 148 valence electrons. The number of aromatic nitrogens is 1. The second kappa shape index (κ2) is 9.45. The van der Waals surface area contributed by atoms with Gasteiger partial charge in [-0.2, -0.15) is 4.79 Å². The Hall–Kier alpha value is -3.49. The first kappa shape index (κ1) is 20.8. The summed E-state index contributed by atoms with van der Waals surface area (Å²) in [7, 11) is 1.54. The van der Waals surface area contributed by atoms with Gasteiger partial charge in [-0.05, 0) is 24.1 Å². The Morgan fingerprint density at radius 3 is 2.79 bits per heavy atom. The van der Waals surface area contributed by atoms with Crippen LogP contribution in [0, 0.1) is 0 Å². The molecule has 1 aromatic heterocycles. The number of rotatable bonds is 10. The molecule has 0 aliphatic heterocycles. The topological polar surface area (TPSA) is 165 Å². The van der Waals surface area contributed by atoms with Crippen molar-refractivity contribution in [1.82, 2.24) is 10.3 Å². The molecule has 0 bridgehead atoms. The van der Waals surface area contributed by atoms with E-state index in [0.29, 0.717) is 17.5 Å². The van der Waals surface area contributed by atoms with Crippen molar-refractivity contribution < 1.29 is 34.1 Å². The van der Waals surface area contributed by atoms with E-state index in [0.717, 1.165) is 10.9 Å². The normalized spacial score (nSPS) is 12.6. The zero-order valence-corrected chi connectivity index (χ0v) is 15.1. The van der Waals surface area contributed by atoms with E-state index >= 15 is 0 Å². The molecule has 2 unspecified atom stereocenters. The van der Waals surface area contributed by atoms with Crippen molar-refractivity contribution in [1.29, 1.82) is 0 Å². The van der Waals surface area contributed by atoms with E-state index in [9.17, 15) is 24.6 Å². The second-order valence-corrected chi connectivity index (χ2v) is 6.09. The lowest BCUT2D eigenvalue weighted by Gasteiger charge is -2.16. The Kier molecular flexibility index (Phi) is 7.02. The molecule has 0 fully saturated rings. The molecule has 0 aliphatic carbocycles. The van der Waals surface area contributed by atoms with E-state index in [1.54, 1.807) is 31.5 Å². The molecule has 1 amide bonds. The van der Waals surface area contributed by atoms with Gasteiger partial charge in [0.1, 0.15) is 17.9 Å². The number of methoxy groups -OCH3 is 1. The molecular formula is C18H20N4O6. The van der Waals surface area contributed by atoms with Crippen LogP contribution in [0.25, 0.3) is 16.4 Å². The number of carboxylic acids is 1. The van der Waals surface area contributed by atoms with Crippen LogP contribution in [-0.2, 0) is 20.8 Å². The van der Waals surface area contributed by atoms with Crippen LogP contribution < -0.4 is 10.1 Å². The van der Waals surface area contributed by atoms with Crippen molar-refractivity contribution in [2.75, 3.05) is 7.11 Å². The third-order valence-corrected chi connectivity index (χ3v) is 4.19. The van der Waals surface area contributed by atoms with Crippen molar-refractivity contribution >= 4 is 34.8 Å². The maximum atomic E-state index is 12.2. The number of aromatic amines is 1. The molecule has 1 heterocycles. The van der Waals surface area contributed by atoms with E-state index in [1.807, 2.05) is 0 Å². The summed E-state index contributed by atoms with van der Waals surface area (Å²) in [6.07, 6.45) is 0.370.